The highest BCUT2D eigenvalue weighted by molar-refractivity contribution is 5.98. The molecule has 2 heteroatoms. The van der Waals surface area contributed by atoms with Gasteiger partial charge < -0.3 is 4.90 Å². The minimum Gasteiger partial charge on any atom is -0.368 e. The third-order valence-electron chi connectivity index (χ3n) is 3.49. The monoisotopic (exact) mass is 213 g/mol. The average molecular weight is 213 g/mol. The molecule has 2 aliphatic heterocycles. The Labute approximate surface area is 95.6 Å². The number of carbonyl (C=O) groups is 1. The van der Waals surface area contributed by atoms with E-state index < -0.39 is 0 Å². The molecule has 1 saturated heterocycles. The molecular weight excluding hydrogens is 198 g/mol. The standard InChI is InChI=1S/C14H15NO/c16-13-9-12-7-4-8-15(12)14(10-13)11-5-2-1-3-6-11/h1-3,5-6,10,12H,4,7-9H2. The third kappa shape index (κ3) is 1.54. The highest BCUT2D eigenvalue weighted by atomic mass is 16.1. The van der Waals surface area contributed by atoms with Gasteiger partial charge in [0.1, 0.15) is 0 Å². The highest BCUT2D eigenvalue weighted by Crippen LogP contribution is 2.33. The lowest BCUT2D eigenvalue weighted by molar-refractivity contribution is -0.115. The van der Waals surface area contributed by atoms with Crippen LogP contribution in [0.4, 0.5) is 0 Å². The molecule has 1 aromatic carbocycles. The topological polar surface area (TPSA) is 20.3 Å². The largest absolute Gasteiger partial charge is 0.368 e. The fraction of sp³-hybridized carbons (Fsp3) is 0.357. The first-order valence-corrected chi connectivity index (χ1v) is 5.91. The van der Waals surface area contributed by atoms with Crippen LogP contribution in [0.1, 0.15) is 24.8 Å². The average Bonchev–Trinajstić information content (AvgIpc) is 2.77. The molecule has 2 aliphatic rings. The van der Waals surface area contributed by atoms with E-state index in [1.165, 1.54) is 12.0 Å². The maximum absolute atomic E-state index is 11.7. The van der Waals surface area contributed by atoms with Gasteiger partial charge in [-0.2, -0.15) is 0 Å². The van der Waals surface area contributed by atoms with E-state index in [0.29, 0.717) is 12.5 Å². The second kappa shape index (κ2) is 3.78. The molecule has 0 aromatic heterocycles. The van der Waals surface area contributed by atoms with Crippen LogP contribution in [0.2, 0.25) is 0 Å². The van der Waals surface area contributed by atoms with Crippen molar-refractivity contribution in [1.82, 2.24) is 4.90 Å². The number of carbonyl (C=O) groups excluding carboxylic acids is 1. The van der Waals surface area contributed by atoms with Gasteiger partial charge in [-0.1, -0.05) is 30.3 Å². The Hall–Kier alpha value is -1.57. The molecule has 1 atom stereocenters. The van der Waals surface area contributed by atoms with E-state index in [-0.39, 0.29) is 5.78 Å². The van der Waals surface area contributed by atoms with Crippen molar-refractivity contribution < 1.29 is 4.79 Å². The van der Waals surface area contributed by atoms with Gasteiger partial charge in [0.05, 0.1) is 0 Å². The second-order valence-corrected chi connectivity index (χ2v) is 4.56. The quantitative estimate of drug-likeness (QED) is 0.714. The van der Waals surface area contributed by atoms with Crippen molar-refractivity contribution in [2.45, 2.75) is 25.3 Å². The number of nitrogens with zero attached hydrogens (tertiary/aromatic N) is 1. The van der Waals surface area contributed by atoms with E-state index in [0.717, 1.165) is 18.7 Å². The van der Waals surface area contributed by atoms with Crippen LogP contribution < -0.4 is 0 Å². The smallest absolute Gasteiger partial charge is 0.159 e. The molecule has 0 spiro atoms. The second-order valence-electron chi connectivity index (χ2n) is 4.56. The molecule has 0 aliphatic carbocycles. The minimum absolute atomic E-state index is 0.280. The molecule has 0 saturated carbocycles. The van der Waals surface area contributed by atoms with Crippen LogP contribution in [-0.2, 0) is 4.79 Å². The highest BCUT2D eigenvalue weighted by Gasteiger charge is 2.32. The number of ketones is 1. The van der Waals surface area contributed by atoms with Gasteiger partial charge in [-0.15, -0.1) is 0 Å². The van der Waals surface area contributed by atoms with Gasteiger partial charge in [-0.05, 0) is 18.4 Å². The maximum Gasteiger partial charge on any atom is 0.159 e. The summed E-state index contributed by atoms with van der Waals surface area (Å²) >= 11 is 0. The lowest BCUT2D eigenvalue weighted by Crippen LogP contribution is -2.33. The Morgan fingerprint density at radius 2 is 2.00 bits per heavy atom. The number of hydrogen-bond acceptors (Lipinski definition) is 2. The zero-order chi connectivity index (χ0) is 11.0. The van der Waals surface area contributed by atoms with E-state index in [9.17, 15) is 4.79 Å². The summed E-state index contributed by atoms with van der Waals surface area (Å²) in [5, 5.41) is 0. The first-order chi connectivity index (χ1) is 7.84. The Bertz CT molecular complexity index is 435. The fourth-order valence-electron chi connectivity index (χ4n) is 2.75. The van der Waals surface area contributed by atoms with Gasteiger partial charge in [0, 0.05) is 30.8 Å². The number of benzene rings is 1. The molecule has 0 amide bonds. The van der Waals surface area contributed by atoms with Gasteiger partial charge in [0.25, 0.3) is 0 Å². The van der Waals surface area contributed by atoms with Crippen molar-refractivity contribution in [2.75, 3.05) is 6.54 Å². The Morgan fingerprint density at radius 3 is 2.81 bits per heavy atom. The summed E-state index contributed by atoms with van der Waals surface area (Å²) in [5.41, 5.74) is 2.29. The van der Waals surface area contributed by atoms with Gasteiger partial charge in [-0.3, -0.25) is 4.79 Å². The molecule has 16 heavy (non-hydrogen) atoms. The SMILES string of the molecule is O=C1C=C(c2ccccc2)N2CCCC2C1. The summed E-state index contributed by atoms with van der Waals surface area (Å²) in [6.45, 7) is 1.10. The van der Waals surface area contributed by atoms with E-state index in [1.807, 2.05) is 24.3 Å². The Morgan fingerprint density at radius 1 is 1.19 bits per heavy atom. The van der Waals surface area contributed by atoms with Crippen molar-refractivity contribution in [3.63, 3.8) is 0 Å². The van der Waals surface area contributed by atoms with Gasteiger partial charge >= 0.3 is 0 Å². The van der Waals surface area contributed by atoms with E-state index in [4.69, 9.17) is 0 Å². The third-order valence-corrected chi connectivity index (χ3v) is 3.49. The van der Waals surface area contributed by atoms with E-state index in [1.54, 1.807) is 0 Å². The van der Waals surface area contributed by atoms with E-state index in [2.05, 4.69) is 17.0 Å². The number of hydrogen-bond donors (Lipinski definition) is 0. The molecule has 2 heterocycles. The number of rotatable bonds is 1. The summed E-state index contributed by atoms with van der Waals surface area (Å²) in [5.74, 6) is 0.280. The summed E-state index contributed by atoms with van der Waals surface area (Å²) in [7, 11) is 0. The lowest BCUT2D eigenvalue weighted by atomic mass is 9.99. The van der Waals surface area contributed by atoms with Gasteiger partial charge in [0.15, 0.2) is 5.78 Å². The van der Waals surface area contributed by atoms with Gasteiger partial charge in [-0.25, -0.2) is 0 Å². The fourth-order valence-corrected chi connectivity index (χ4v) is 2.75. The summed E-state index contributed by atoms with van der Waals surface area (Å²) in [4.78, 5) is 14.1. The first kappa shape index (κ1) is 9.64. The normalized spacial score (nSPS) is 24.2. The molecule has 1 aromatic rings. The Balaban J connectivity index is 2.01. The maximum atomic E-state index is 11.7. The molecule has 3 rings (SSSR count). The predicted octanol–water partition coefficient (Wildman–Crippen LogP) is 2.46. The molecule has 2 nitrogen and oxygen atoms in total. The summed E-state index contributed by atoms with van der Waals surface area (Å²) < 4.78 is 0. The molecule has 0 radical (unpaired) electrons. The molecule has 1 unspecified atom stereocenters. The molecule has 0 bridgehead atoms. The number of allylic oxidation sites excluding steroid dienone is 1. The lowest BCUT2D eigenvalue weighted by Gasteiger charge is -2.32. The zero-order valence-corrected chi connectivity index (χ0v) is 9.23. The van der Waals surface area contributed by atoms with Crippen LogP contribution >= 0.6 is 0 Å². The van der Waals surface area contributed by atoms with Crippen LogP contribution in [0.15, 0.2) is 36.4 Å². The van der Waals surface area contributed by atoms with Crippen molar-refractivity contribution in [3.8, 4) is 0 Å². The van der Waals surface area contributed by atoms with Gasteiger partial charge in [0.2, 0.25) is 0 Å². The van der Waals surface area contributed by atoms with Crippen molar-refractivity contribution in [3.05, 3.63) is 42.0 Å². The summed E-state index contributed by atoms with van der Waals surface area (Å²) in [6.07, 6.45) is 4.89. The van der Waals surface area contributed by atoms with Crippen LogP contribution in [0, 0.1) is 0 Å². The van der Waals surface area contributed by atoms with Crippen LogP contribution in [0.3, 0.4) is 0 Å². The zero-order valence-electron chi connectivity index (χ0n) is 9.23. The van der Waals surface area contributed by atoms with Crippen LogP contribution in [0.5, 0.6) is 0 Å². The first-order valence-electron chi connectivity index (χ1n) is 5.91. The van der Waals surface area contributed by atoms with Crippen molar-refractivity contribution in [2.24, 2.45) is 0 Å². The molecule has 82 valence electrons. The predicted molar refractivity (Wildman–Crippen MR) is 63.8 cm³/mol. The Kier molecular flexibility index (Phi) is 2.28. The van der Waals surface area contributed by atoms with Crippen molar-refractivity contribution in [1.29, 1.82) is 0 Å². The minimum atomic E-state index is 0.280. The van der Waals surface area contributed by atoms with Crippen LogP contribution in [0.25, 0.3) is 5.70 Å². The van der Waals surface area contributed by atoms with Crippen molar-refractivity contribution >= 4 is 11.5 Å². The number of fused-ring (bicyclic) bond motifs is 1. The molecule has 0 N–H and O–H groups in total. The molecule has 1 fully saturated rings. The molecular formula is C14H15NO. The van der Waals surface area contributed by atoms with Crippen LogP contribution in [-0.4, -0.2) is 23.3 Å². The summed E-state index contributed by atoms with van der Waals surface area (Å²) in [6, 6.07) is 10.7. The van der Waals surface area contributed by atoms with E-state index >= 15 is 0 Å².